The highest BCUT2D eigenvalue weighted by Gasteiger charge is 2.35. The van der Waals surface area contributed by atoms with E-state index in [9.17, 15) is 0 Å². The van der Waals surface area contributed by atoms with Crippen LogP contribution in [-0.2, 0) is 19.9 Å². The Morgan fingerprint density at radius 1 is 1.24 bits per heavy atom. The number of piperidine rings is 1. The Hall–Kier alpha value is -0.480. The highest BCUT2D eigenvalue weighted by Crippen LogP contribution is 2.38. The maximum absolute atomic E-state index is 4.71. The van der Waals surface area contributed by atoms with Crippen molar-refractivity contribution in [2.75, 3.05) is 26.4 Å². The summed E-state index contributed by atoms with van der Waals surface area (Å²) < 4.78 is 2.08. The molecule has 0 saturated carbocycles. The normalized spacial score (nSPS) is 28.9. The highest BCUT2D eigenvalue weighted by atomic mass is 32.2. The summed E-state index contributed by atoms with van der Waals surface area (Å²) >= 11 is 1.84. The molecule has 2 unspecified atom stereocenters. The number of aryl methyl sites for hydroxylation is 1. The Balaban J connectivity index is 1.92. The van der Waals surface area contributed by atoms with E-state index < -0.39 is 0 Å². The van der Waals surface area contributed by atoms with Crippen molar-refractivity contribution < 1.29 is 0 Å². The molecule has 1 aliphatic carbocycles. The van der Waals surface area contributed by atoms with Crippen LogP contribution in [0.25, 0.3) is 0 Å². The molecule has 3 nitrogen and oxygen atoms in total. The zero-order chi connectivity index (χ0) is 12.0. The molecule has 94 valence electrons. The summed E-state index contributed by atoms with van der Waals surface area (Å²) in [5.41, 5.74) is 2.92. The zero-order valence-electron chi connectivity index (χ0n) is 10.9. The molecule has 4 heteroatoms. The second-order valence-corrected chi connectivity index (χ2v) is 6.33. The maximum atomic E-state index is 4.71. The van der Waals surface area contributed by atoms with Gasteiger partial charge in [-0.15, -0.1) is 11.8 Å². The summed E-state index contributed by atoms with van der Waals surface area (Å²) in [6.07, 6.45) is 5.97. The molecule has 1 aromatic rings. The molecule has 0 aromatic carbocycles. The van der Waals surface area contributed by atoms with Crippen LogP contribution in [0.5, 0.6) is 0 Å². The molecule has 1 fully saturated rings. The Kier molecular flexibility index (Phi) is 2.95. The van der Waals surface area contributed by atoms with Gasteiger partial charge in [0.15, 0.2) is 0 Å². The monoisotopic (exact) mass is 251 g/mol. The first kappa shape index (κ1) is 11.6. The van der Waals surface area contributed by atoms with Gasteiger partial charge in [-0.05, 0) is 50.9 Å². The van der Waals surface area contributed by atoms with E-state index in [1.165, 1.54) is 48.6 Å². The highest BCUT2D eigenvalue weighted by molar-refractivity contribution is 7.98. The lowest BCUT2D eigenvalue weighted by atomic mass is 9.74. The number of thioether (sulfide) groups is 1. The lowest BCUT2D eigenvalue weighted by Gasteiger charge is -2.39. The summed E-state index contributed by atoms with van der Waals surface area (Å²) in [5, 5.41) is 6.10. The van der Waals surface area contributed by atoms with Crippen LogP contribution in [0.15, 0.2) is 5.03 Å². The minimum Gasteiger partial charge on any atom is -0.306 e. The van der Waals surface area contributed by atoms with E-state index in [1.54, 1.807) is 0 Å². The topological polar surface area (TPSA) is 21.1 Å². The molecule has 0 bridgehead atoms. The summed E-state index contributed by atoms with van der Waals surface area (Å²) in [6, 6.07) is 0. The van der Waals surface area contributed by atoms with Gasteiger partial charge in [-0.1, -0.05) is 0 Å². The Morgan fingerprint density at radius 2 is 2.06 bits per heavy atom. The lowest BCUT2D eigenvalue weighted by Crippen LogP contribution is -2.41. The summed E-state index contributed by atoms with van der Waals surface area (Å²) in [6.45, 7) is 2.53. The van der Waals surface area contributed by atoms with Crippen LogP contribution in [0.4, 0.5) is 0 Å². The van der Waals surface area contributed by atoms with Crippen molar-refractivity contribution in [3.63, 3.8) is 0 Å². The first-order valence-corrected chi connectivity index (χ1v) is 7.68. The molecule has 0 N–H and O–H groups in total. The predicted octanol–water partition coefficient (Wildman–Crippen LogP) is 1.81. The largest absolute Gasteiger partial charge is 0.306 e. The van der Waals surface area contributed by atoms with Crippen LogP contribution in [0, 0.1) is 11.8 Å². The van der Waals surface area contributed by atoms with Crippen molar-refractivity contribution in [2.45, 2.75) is 24.3 Å². The van der Waals surface area contributed by atoms with Crippen molar-refractivity contribution in [3.8, 4) is 0 Å². The summed E-state index contributed by atoms with van der Waals surface area (Å²) in [7, 11) is 4.34. The Bertz CT molecular complexity index is 427. The van der Waals surface area contributed by atoms with E-state index in [4.69, 9.17) is 5.10 Å². The van der Waals surface area contributed by atoms with Crippen LogP contribution in [0.1, 0.15) is 17.7 Å². The molecule has 1 aromatic heterocycles. The van der Waals surface area contributed by atoms with Crippen molar-refractivity contribution in [3.05, 3.63) is 11.3 Å². The van der Waals surface area contributed by atoms with Gasteiger partial charge in [-0.3, -0.25) is 4.68 Å². The van der Waals surface area contributed by atoms with Gasteiger partial charge in [0.1, 0.15) is 0 Å². The maximum Gasteiger partial charge on any atom is 0.0968 e. The molecule has 0 spiro atoms. The average Bonchev–Trinajstić information content (AvgIpc) is 2.60. The summed E-state index contributed by atoms with van der Waals surface area (Å²) in [5.74, 6) is 1.74. The fourth-order valence-corrected chi connectivity index (χ4v) is 4.26. The van der Waals surface area contributed by atoms with Gasteiger partial charge in [0, 0.05) is 19.2 Å². The molecule has 0 amide bonds. The average molecular weight is 251 g/mol. The van der Waals surface area contributed by atoms with Crippen LogP contribution < -0.4 is 0 Å². The third-order valence-corrected chi connectivity index (χ3v) is 5.28. The molecular weight excluding hydrogens is 230 g/mol. The lowest BCUT2D eigenvalue weighted by molar-refractivity contribution is 0.133. The van der Waals surface area contributed by atoms with Crippen LogP contribution >= 0.6 is 11.8 Å². The molecule has 3 rings (SSSR count). The number of hydrogen-bond acceptors (Lipinski definition) is 3. The van der Waals surface area contributed by atoms with E-state index in [1.807, 2.05) is 11.8 Å². The van der Waals surface area contributed by atoms with Gasteiger partial charge < -0.3 is 4.90 Å². The third kappa shape index (κ3) is 1.91. The quantitative estimate of drug-likeness (QED) is 0.710. The second-order valence-electron chi connectivity index (χ2n) is 5.54. The van der Waals surface area contributed by atoms with Gasteiger partial charge in [-0.2, -0.15) is 5.10 Å². The number of nitrogens with zero attached hydrogens (tertiary/aromatic N) is 3. The standard InChI is InChI=1S/C13H21N3S/c1-15-5-4-9-7-12-11(6-10(9)8-15)13(17-3)16(2)14-12/h9-10H,4-8H2,1-3H3. The van der Waals surface area contributed by atoms with E-state index in [-0.39, 0.29) is 0 Å². The minimum absolute atomic E-state index is 0.858. The van der Waals surface area contributed by atoms with Gasteiger partial charge in [0.05, 0.1) is 10.7 Å². The van der Waals surface area contributed by atoms with Gasteiger partial charge in [0.2, 0.25) is 0 Å². The summed E-state index contributed by atoms with van der Waals surface area (Å²) in [4.78, 5) is 2.49. The third-order valence-electron chi connectivity index (χ3n) is 4.38. The Labute approximate surface area is 108 Å². The van der Waals surface area contributed by atoms with Crippen molar-refractivity contribution in [1.82, 2.24) is 14.7 Å². The number of likely N-dealkylation sites (tertiary alicyclic amines) is 1. The molecule has 2 atom stereocenters. The predicted molar refractivity (Wildman–Crippen MR) is 71.5 cm³/mol. The smallest absolute Gasteiger partial charge is 0.0968 e. The van der Waals surface area contributed by atoms with Crippen LogP contribution in [0.2, 0.25) is 0 Å². The van der Waals surface area contributed by atoms with Crippen molar-refractivity contribution in [1.29, 1.82) is 0 Å². The second kappa shape index (κ2) is 4.32. The number of fused-ring (bicyclic) bond motifs is 2. The van der Waals surface area contributed by atoms with Crippen LogP contribution in [-0.4, -0.2) is 41.1 Å². The molecule has 2 heterocycles. The van der Waals surface area contributed by atoms with E-state index in [0.717, 1.165) is 11.8 Å². The van der Waals surface area contributed by atoms with Crippen LogP contribution in [0.3, 0.4) is 0 Å². The number of aromatic nitrogens is 2. The van der Waals surface area contributed by atoms with Gasteiger partial charge in [-0.25, -0.2) is 0 Å². The van der Waals surface area contributed by atoms with Gasteiger partial charge >= 0.3 is 0 Å². The first-order valence-electron chi connectivity index (χ1n) is 6.46. The van der Waals surface area contributed by atoms with E-state index >= 15 is 0 Å². The SMILES string of the molecule is CSc1c2c(nn1C)CC1CCN(C)CC1C2. The molecule has 1 aliphatic heterocycles. The number of rotatable bonds is 1. The van der Waals surface area contributed by atoms with E-state index in [0.29, 0.717) is 0 Å². The van der Waals surface area contributed by atoms with Crippen molar-refractivity contribution in [2.24, 2.45) is 18.9 Å². The zero-order valence-corrected chi connectivity index (χ0v) is 11.8. The number of hydrogen-bond donors (Lipinski definition) is 0. The molecule has 2 aliphatic rings. The molecule has 0 radical (unpaired) electrons. The van der Waals surface area contributed by atoms with Gasteiger partial charge in [0.25, 0.3) is 0 Å². The first-order chi connectivity index (χ1) is 8.19. The fraction of sp³-hybridized carbons (Fsp3) is 0.769. The molecule has 1 saturated heterocycles. The van der Waals surface area contributed by atoms with E-state index in [2.05, 4.69) is 29.9 Å². The molecule has 17 heavy (non-hydrogen) atoms. The minimum atomic E-state index is 0.858. The fourth-order valence-electron chi connectivity index (χ4n) is 3.50. The Morgan fingerprint density at radius 3 is 2.82 bits per heavy atom. The van der Waals surface area contributed by atoms with Crippen molar-refractivity contribution >= 4 is 11.8 Å². The molecular formula is C13H21N3S.